The van der Waals surface area contributed by atoms with E-state index in [1.807, 2.05) is 11.0 Å². The number of carbonyl (C=O) groups is 1. The molecule has 0 aliphatic carbocycles. The molecule has 9 heteroatoms. The second-order valence-corrected chi connectivity index (χ2v) is 8.48. The molecule has 0 amide bonds. The molecular weight excluding hydrogens is 459 g/mol. The minimum atomic E-state index is -4.38. The van der Waals surface area contributed by atoms with Gasteiger partial charge in [0.1, 0.15) is 5.82 Å². The summed E-state index contributed by atoms with van der Waals surface area (Å²) in [6.07, 6.45) is -3.85. The third-order valence-corrected chi connectivity index (χ3v) is 6.09. The number of hydrogen-bond acceptors (Lipinski definition) is 5. The zero-order valence-electron chi connectivity index (χ0n) is 19.5. The van der Waals surface area contributed by atoms with Gasteiger partial charge in [0.25, 0.3) is 5.56 Å². The lowest BCUT2D eigenvalue weighted by Crippen LogP contribution is -2.41. The summed E-state index contributed by atoms with van der Waals surface area (Å²) in [5.74, 6) is -0.116. The normalized spacial score (nSPS) is 14.9. The Balaban J connectivity index is 1.65. The second-order valence-electron chi connectivity index (χ2n) is 8.48. The Labute approximate surface area is 201 Å². The fourth-order valence-corrected chi connectivity index (χ4v) is 4.41. The average Bonchev–Trinajstić information content (AvgIpc) is 2.82. The van der Waals surface area contributed by atoms with E-state index in [9.17, 15) is 22.8 Å². The van der Waals surface area contributed by atoms with Crippen molar-refractivity contribution in [3.63, 3.8) is 0 Å². The van der Waals surface area contributed by atoms with Gasteiger partial charge in [-0.3, -0.25) is 14.3 Å². The SMILES string of the molecule is CCOC(=O)C(c1ccccc1)n1c(C)nc2c(c1=O)CN(Cc1ccc(C(F)(F)F)cc1)CC2. The van der Waals surface area contributed by atoms with E-state index in [4.69, 9.17) is 4.74 Å². The maximum Gasteiger partial charge on any atom is 0.416 e. The molecule has 2 aromatic carbocycles. The van der Waals surface area contributed by atoms with Crippen molar-refractivity contribution in [2.75, 3.05) is 13.2 Å². The molecule has 0 radical (unpaired) electrons. The van der Waals surface area contributed by atoms with Gasteiger partial charge in [-0.2, -0.15) is 13.2 Å². The lowest BCUT2D eigenvalue weighted by atomic mass is 10.0. The molecule has 0 saturated carbocycles. The summed E-state index contributed by atoms with van der Waals surface area (Å²) in [7, 11) is 0. The molecule has 0 saturated heterocycles. The number of rotatable bonds is 6. The predicted molar refractivity (Wildman–Crippen MR) is 124 cm³/mol. The quantitative estimate of drug-likeness (QED) is 0.488. The lowest BCUT2D eigenvalue weighted by Gasteiger charge is -2.30. The van der Waals surface area contributed by atoms with E-state index in [-0.39, 0.29) is 18.7 Å². The summed E-state index contributed by atoms with van der Waals surface area (Å²) in [5, 5.41) is 0. The van der Waals surface area contributed by atoms with Crippen LogP contribution in [-0.2, 0) is 35.2 Å². The second kappa shape index (κ2) is 10.0. The van der Waals surface area contributed by atoms with Crippen molar-refractivity contribution in [3.8, 4) is 0 Å². The van der Waals surface area contributed by atoms with Crippen LogP contribution >= 0.6 is 0 Å². The highest BCUT2D eigenvalue weighted by atomic mass is 19.4. The van der Waals surface area contributed by atoms with E-state index < -0.39 is 23.8 Å². The minimum Gasteiger partial charge on any atom is -0.464 e. The standard InChI is InChI=1S/C26H26F3N3O3/c1-3-35-25(34)23(19-7-5-4-6-8-19)32-17(2)30-22-13-14-31(16-21(22)24(32)33)15-18-9-11-20(12-10-18)26(27,28)29/h4-12,23H,3,13-16H2,1-2H3. The zero-order valence-corrected chi connectivity index (χ0v) is 19.5. The number of esters is 1. The molecule has 4 rings (SSSR count). The van der Waals surface area contributed by atoms with Gasteiger partial charge in [-0.1, -0.05) is 42.5 Å². The Morgan fingerprint density at radius 3 is 2.43 bits per heavy atom. The number of aryl methyl sites for hydroxylation is 1. The van der Waals surface area contributed by atoms with Gasteiger partial charge in [-0.25, -0.2) is 9.78 Å². The molecule has 1 aliphatic heterocycles. The average molecular weight is 486 g/mol. The topological polar surface area (TPSA) is 64.4 Å². The number of alkyl halides is 3. The summed E-state index contributed by atoms with van der Waals surface area (Å²) in [6, 6.07) is 13.0. The van der Waals surface area contributed by atoms with E-state index in [2.05, 4.69) is 4.98 Å². The molecule has 2 heterocycles. The maximum absolute atomic E-state index is 13.7. The first-order valence-electron chi connectivity index (χ1n) is 11.4. The third-order valence-electron chi connectivity index (χ3n) is 6.09. The van der Waals surface area contributed by atoms with E-state index in [1.54, 1.807) is 38.1 Å². The van der Waals surface area contributed by atoms with Crippen LogP contribution in [0.5, 0.6) is 0 Å². The van der Waals surface area contributed by atoms with Gasteiger partial charge in [-0.05, 0) is 37.1 Å². The summed E-state index contributed by atoms with van der Waals surface area (Å²) in [4.78, 5) is 33.2. The molecule has 35 heavy (non-hydrogen) atoms. The summed E-state index contributed by atoms with van der Waals surface area (Å²) >= 11 is 0. The number of fused-ring (bicyclic) bond motifs is 1. The molecule has 0 bridgehead atoms. The third kappa shape index (κ3) is 5.30. The molecule has 1 aromatic heterocycles. The number of benzene rings is 2. The van der Waals surface area contributed by atoms with E-state index in [1.165, 1.54) is 16.7 Å². The zero-order chi connectivity index (χ0) is 25.2. The Morgan fingerprint density at radius 1 is 1.11 bits per heavy atom. The van der Waals surface area contributed by atoms with Gasteiger partial charge in [0.2, 0.25) is 0 Å². The summed E-state index contributed by atoms with van der Waals surface area (Å²) in [6.45, 7) is 4.88. The van der Waals surface area contributed by atoms with E-state index in [0.29, 0.717) is 42.2 Å². The Morgan fingerprint density at radius 2 is 1.80 bits per heavy atom. The number of nitrogens with zero attached hydrogens (tertiary/aromatic N) is 3. The largest absolute Gasteiger partial charge is 0.464 e. The first-order chi connectivity index (χ1) is 16.7. The maximum atomic E-state index is 13.7. The van der Waals surface area contributed by atoms with Gasteiger partial charge < -0.3 is 4.74 Å². The van der Waals surface area contributed by atoms with E-state index >= 15 is 0 Å². The van der Waals surface area contributed by atoms with Crippen LogP contribution in [0.15, 0.2) is 59.4 Å². The summed E-state index contributed by atoms with van der Waals surface area (Å²) < 4.78 is 45.3. The van der Waals surface area contributed by atoms with Crippen LogP contribution in [0, 0.1) is 6.92 Å². The number of ether oxygens (including phenoxy) is 1. The predicted octanol–water partition coefficient (Wildman–Crippen LogP) is 4.28. The Bertz CT molecular complexity index is 1260. The molecule has 1 unspecified atom stereocenters. The highest BCUT2D eigenvalue weighted by molar-refractivity contribution is 5.78. The molecule has 1 aliphatic rings. The molecule has 0 N–H and O–H groups in total. The van der Waals surface area contributed by atoms with Gasteiger partial charge in [0.15, 0.2) is 6.04 Å². The van der Waals surface area contributed by atoms with Crippen molar-refractivity contribution >= 4 is 5.97 Å². The smallest absolute Gasteiger partial charge is 0.416 e. The molecule has 6 nitrogen and oxygen atoms in total. The van der Waals surface area contributed by atoms with Gasteiger partial charge in [-0.15, -0.1) is 0 Å². The van der Waals surface area contributed by atoms with Crippen molar-refractivity contribution < 1.29 is 22.7 Å². The highest BCUT2D eigenvalue weighted by Gasteiger charge is 2.32. The first kappa shape index (κ1) is 24.7. The lowest BCUT2D eigenvalue weighted by molar-refractivity contribution is -0.146. The molecule has 184 valence electrons. The molecule has 0 fully saturated rings. The first-order valence-corrected chi connectivity index (χ1v) is 11.4. The number of halogens is 3. The molecular formula is C26H26F3N3O3. The van der Waals surface area contributed by atoms with Crippen LogP contribution in [0.4, 0.5) is 13.2 Å². The Hall–Kier alpha value is -3.46. The number of aromatic nitrogens is 2. The molecule has 1 atom stereocenters. The van der Waals surface area contributed by atoms with Gasteiger partial charge in [0, 0.05) is 26.1 Å². The van der Waals surface area contributed by atoms with Gasteiger partial charge >= 0.3 is 12.1 Å². The highest BCUT2D eigenvalue weighted by Crippen LogP contribution is 2.29. The fraction of sp³-hybridized carbons (Fsp3) is 0.346. The van der Waals surface area contributed by atoms with Gasteiger partial charge in [0.05, 0.1) is 23.4 Å². The van der Waals surface area contributed by atoms with Crippen molar-refractivity contribution in [2.45, 2.75) is 45.6 Å². The number of hydrogen-bond donors (Lipinski definition) is 0. The molecule has 3 aromatic rings. The molecule has 0 spiro atoms. The summed E-state index contributed by atoms with van der Waals surface area (Å²) in [5.41, 5.74) is 1.50. The van der Waals surface area contributed by atoms with Crippen molar-refractivity contribution in [3.05, 3.63) is 98.7 Å². The van der Waals surface area contributed by atoms with Crippen molar-refractivity contribution in [1.82, 2.24) is 14.5 Å². The van der Waals surface area contributed by atoms with Crippen LogP contribution in [0.2, 0.25) is 0 Å². The van der Waals surface area contributed by atoms with Crippen LogP contribution in [0.3, 0.4) is 0 Å². The van der Waals surface area contributed by atoms with Crippen molar-refractivity contribution in [1.29, 1.82) is 0 Å². The monoisotopic (exact) mass is 485 g/mol. The van der Waals surface area contributed by atoms with Crippen LogP contribution < -0.4 is 5.56 Å². The minimum absolute atomic E-state index is 0.176. The number of carbonyl (C=O) groups excluding carboxylic acids is 1. The van der Waals surface area contributed by atoms with Crippen LogP contribution in [-0.4, -0.2) is 33.6 Å². The van der Waals surface area contributed by atoms with Crippen LogP contribution in [0.25, 0.3) is 0 Å². The van der Waals surface area contributed by atoms with Crippen molar-refractivity contribution in [2.24, 2.45) is 0 Å². The van der Waals surface area contributed by atoms with E-state index in [0.717, 1.165) is 17.7 Å². The van der Waals surface area contributed by atoms with Crippen LogP contribution in [0.1, 0.15) is 46.7 Å². The Kier molecular flexibility index (Phi) is 7.07. The fourth-order valence-electron chi connectivity index (χ4n) is 4.41.